The lowest BCUT2D eigenvalue weighted by Crippen LogP contribution is -2.16. The number of ether oxygens (including phenoxy) is 4. The first-order valence-corrected chi connectivity index (χ1v) is 12.2. The van der Waals surface area contributed by atoms with Crippen LogP contribution in [0.1, 0.15) is 25.0 Å². The van der Waals surface area contributed by atoms with Crippen LogP contribution < -0.4 is 24.3 Å². The number of fused-ring (bicyclic) bond motifs is 2. The van der Waals surface area contributed by atoms with Crippen LogP contribution in [-0.4, -0.2) is 32.8 Å². The van der Waals surface area contributed by atoms with Gasteiger partial charge in [0.05, 0.1) is 20.0 Å². The second-order valence-corrected chi connectivity index (χ2v) is 8.74. The molecule has 0 saturated carbocycles. The fraction of sp³-hybridized carbons (Fsp3) is 0.233. The Labute approximate surface area is 215 Å². The van der Waals surface area contributed by atoms with Gasteiger partial charge in [-0.3, -0.25) is 4.79 Å². The van der Waals surface area contributed by atoms with E-state index in [-0.39, 0.29) is 5.91 Å². The molecule has 1 N–H and O–H groups in total. The van der Waals surface area contributed by atoms with E-state index in [1.807, 2.05) is 51.1 Å². The summed E-state index contributed by atoms with van der Waals surface area (Å²) < 4.78 is 28.4. The lowest BCUT2D eigenvalue weighted by atomic mass is 9.96. The number of nitrogens with one attached hydrogen (secondary N) is 1. The minimum atomic E-state index is -0.257. The van der Waals surface area contributed by atoms with Crippen molar-refractivity contribution >= 4 is 28.1 Å². The van der Waals surface area contributed by atoms with Crippen molar-refractivity contribution in [1.29, 1.82) is 0 Å². The van der Waals surface area contributed by atoms with Crippen molar-refractivity contribution in [1.82, 2.24) is 0 Å². The largest absolute Gasteiger partial charge is 0.496 e. The normalized spacial score (nSPS) is 12.9. The Morgan fingerprint density at radius 2 is 1.81 bits per heavy atom. The fourth-order valence-electron chi connectivity index (χ4n) is 4.57. The molecule has 3 aromatic carbocycles. The van der Waals surface area contributed by atoms with Crippen LogP contribution in [0.25, 0.3) is 27.7 Å². The maximum atomic E-state index is 12.9. The third kappa shape index (κ3) is 4.85. The molecule has 1 aliphatic heterocycles. The summed E-state index contributed by atoms with van der Waals surface area (Å²) in [6.45, 7) is 7.43. The van der Waals surface area contributed by atoms with Crippen molar-refractivity contribution < 1.29 is 28.2 Å². The number of carbonyl (C=O) groups is 1. The fourth-order valence-corrected chi connectivity index (χ4v) is 4.57. The molecule has 0 aliphatic carbocycles. The van der Waals surface area contributed by atoms with Crippen LogP contribution in [0.15, 0.2) is 65.3 Å². The van der Waals surface area contributed by atoms with E-state index < -0.39 is 0 Å². The number of benzene rings is 3. The third-order valence-corrected chi connectivity index (χ3v) is 6.31. The highest BCUT2D eigenvalue weighted by Crippen LogP contribution is 2.41. The zero-order chi connectivity index (χ0) is 25.9. The molecule has 0 atom stereocenters. The quantitative estimate of drug-likeness (QED) is 0.288. The Kier molecular flexibility index (Phi) is 6.77. The van der Waals surface area contributed by atoms with Gasteiger partial charge >= 0.3 is 0 Å². The number of rotatable bonds is 7. The van der Waals surface area contributed by atoms with Gasteiger partial charge in [0.15, 0.2) is 11.5 Å². The number of hydrogen-bond donors (Lipinski definition) is 1. The van der Waals surface area contributed by atoms with Gasteiger partial charge in [-0.15, -0.1) is 0 Å². The summed E-state index contributed by atoms with van der Waals surface area (Å²) in [6, 6.07) is 15.3. The number of allylic oxidation sites excluding steroid dienone is 1. The summed E-state index contributed by atoms with van der Waals surface area (Å²) in [5.74, 6) is 2.52. The summed E-state index contributed by atoms with van der Waals surface area (Å²) in [4.78, 5) is 12.9. The Bertz CT molecular complexity index is 1480. The second-order valence-electron chi connectivity index (χ2n) is 8.74. The molecule has 0 saturated heterocycles. The molecule has 1 amide bonds. The van der Waals surface area contributed by atoms with E-state index in [1.165, 1.54) is 0 Å². The molecule has 1 aliphatic rings. The van der Waals surface area contributed by atoms with Gasteiger partial charge in [0.2, 0.25) is 5.91 Å². The molecule has 0 fully saturated rings. The molecular formula is C30H29NO6. The molecule has 1 aromatic heterocycles. The second kappa shape index (κ2) is 10.3. The van der Waals surface area contributed by atoms with Gasteiger partial charge in [-0.05, 0) is 62.2 Å². The first kappa shape index (κ1) is 24.3. The number of methoxy groups -OCH3 is 1. The predicted octanol–water partition coefficient (Wildman–Crippen LogP) is 6.63. The number of anilines is 1. The molecule has 190 valence electrons. The maximum Gasteiger partial charge on any atom is 0.248 e. The van der Waals surface area contributed by atoms with Gasteiger partial charge in [0.1, 0.15) is 30.3 Å². The van der Waals surface area contributed by atoms with Crippen LogP contribution in [0, 0.1) is 6.92 Å². The van der Waals surface area contributed by atoms with E-state index in [9.17, 15) is 4.79 Å². The number of amides is 1. The standard InChI is InChI=1S/C30H29NO6/c1-5-34-22-9-6-20(7-10-22)25-17-37-30-19(3)29(33-4)23(16-24(25)30)18(2)14-28(32)31-21-8-11-26-27(15-21)36-13-12-35-26/h6-11,14-17H,5,12-13H2,1-4H3,(H,31,32)/b18-14+. The van der Waals surface area contributed by atoms with Crippen molar-refractivity contribution in [3.8, 4) is 34.1 Å². The molecule has 4 aromatic rings. The topological polar surface area (TPSA) is 79.2 Å². The van der Waals surface area contributed by atoms with Crippen molar-refractivity contribution in [3.05, 3.63) is 72.0 Å². The van der Waals surface area contributed by atoms with Crippen LogP contribution in [0.3, 0.4) is 0 Å². The van der Waals surface area contributed by atoms with Gasteiger partial charge < -0.3 is 28.7 Å². The molecular weight excluding hydrogens is 470 g/mol. The number of aryl methyl sites for hydroxylation is 1. The molecule has 0 bridgehead atoms. The lowest BCUT2D eigenvalue weighted by molar-refractivity contribution is -0.111. The molecule has 7 nitrogen and oxygen atoms in total. The van der Waals surface area contributed by atoms with Gasteiger partial charge in [-0.2, -0.15) is 0 Å². The number of carbonyl (C=O) groups excluding carboxylic acids is 1. The molecule has 2 heterocycles. The van der Waals surface area contributed by atoms with Crippen molar-refractivity contribution in [2.24, 2.45) is 0 Å². The van der Waals surface area contributed by atoms with Crippen molar-refractivity contribution in [3.63, 3.8) is 0 Å². The number of furan rings is 1. The highest BCUT2D eigenvalue weighted by atomic mass is 16.6. The summed E-state index contributed by atoms with van der Waals surface area (Å²) in [7, 11) is 1.62. The van der Waals surface area contributed by atoms with Gasteiger partial charge in [0, 0.05) is 39.9 Å². The maximum absolute atomic E-state index is 12.9. The van der Waals surface area contributed by atoms with Crippen LogP contribution in [0.4, 0.5) is 5.69 Å². The SMILES string of the molecule is CCOc1ccc(-c2coc3c(C)c(OC)c(/C(C)=C/C(=O)Nc4ccc5c(c4)OCCO5)cc23)cc1. The monoisotopic (exact) mass is 499 g/mol. The van der Waals surface area contributed by atoms with Crippen LogP contribution in [0.5, 0.6) is 23.0 Å². The Balaban J connectivity index is 1.47. The van der Waals surface area contributed by atoms with Gasteiger partial charge in [-0.1, -0.05) is 12.1 Å². The van der Waals surface area contributed by atoms with Crippen molar-refractivity contribution in [2.45, 2.75) is 20.8 Å². The minimum absolute atomic E-state index is 0.257. The average molecular weight is 500 g/mol. The zero-order valence-electron chi connectivity index (χ0n) is 21.3. The smallest absolute Gasteiger partial charge is 0.248 e. The molecule has 37 heavy (non-hydrogen) atoms. The Morgan fingerprint density at radius 3 is 2.54 bits per heavy atom. The van der Waals surface area contributed by atoms with Crippen LogP contribution >= 0.6 is 0 Å². The van der Waals surface area contributed by atoms with E-state index in [2.05, 4.69) is 5.32 Å². The number of hydrogen-bond acceptors (Lipinski definition) is 6. The van der Waals surface area contributed by atoms with E-state index in [1.54, 1.807) is 37.6 Å². The molecule has 5 rings (SSSR count). The van der Waals surface area contributed by atoms with Crippen molar-refractivity contribution in [2.75, 3.05) is 32.2 Å². The predicted molar refractivity (Wildman–Crippen MR) is 144 cm³/mol. The Hall–Kier alpha value is -4.39. The molecule has 0 radical (unpaired) electrons. The summed E-state index contributed by atoms with van der Waals surface area (Å²) >= 11 is 0. The summed E-state index contributed by atoms with van der Waals surface area (Å²) in [5, 5.41) is 3.85. The molecule has 7 heteroatoms. The zero-order valence-corrected chi connectivity index (χ0v) is 21.3. The molecule has 0 spiro atoms. The van der Waals surface area contributed by atoms with Crippen LogP contribution in [-0.2, 0) is 4.79 Å². The highest BCUT2D eigenvalue weighted by molar-refractivity contribution is 6.06. The summed E-state index contributed by atoms with van der Waals surface area (Å²) in [5.41, 5.74) is 5.79. The first-order chi connectivity index (χ1) is 18.0. The Morgan fingerprint density at radius 1 is 1.05 bits per heavy atom. The van der Waals surface area contributed by atoms with E-state index >= 15 is 0 Å². The van der Waals surface area contributed by atoms with Gasteiger partial charge in [-0.25, -0.2) is 0 Å². The highest BCUT2D eigenvalue weighted by Gasteiger charge is 2.19. The minimum Gasteiger partial charge on any atom is -0.496 e. The first-order valence-electron chi connectivity index (χ1n) is 12.2. The van der Waals surface area contributed by atoms with Gasteiger partial charge in [0.25, 0.3) is 0 Å². The van der Waals surface area contributed by atoms with E-state index in [4.69, 9.17) is 23.4 Å². The average Bonchev–Trinajstić information content (AvgIpc) is 3.33. The lowest BCUT2D eigenvalue weighted by Gasteiger charge is -2.18. The third-order valence-electron chi connectivity index (χ3n) is 6.31. The van der Waals surface area contributed by atoms with E-state index in [0.717, 1.165) is 44.5 Å². The molecule has 0 unspecified atom stereocenters. The summed E-state index contributed by atoms with van der Waals surface area (Å²) in [6.07, 6.45) is 3.32. The van der Waals surface area contributed by atoms with Crippen LogP contribution in [0.2, 0.25) is 0 Å². The van der Waals surface area contributed by atoms with E-state index in [0.29, 0.717) is 42.8 Å².